The molecular formula is C15H14N4O3S. The van der Waals surface area contributed by atoms with Gasteiger partial charge in [0.05, 0.1) is 16.7 Å². The summed E-state index contributed by atoms with van der Waals surface area (Å²) in [4.78, 5) is 42.1. The van der Waals surface area contributed by atoms with Gasteiger partial charge in [-0.3, -0.25) is 14.4 Å². The fourth-order valence-corrected chi connectivity index (χ4v) is 2.88. The van der Waals surface area contributed by atoms with Crippen molar-refractivity contribution in [3.63, 3.8) is 0 Å². The van der Waals surface area contributed by atoms with E-state index in [-0.39, 0.29) is 28.7 Å². The van der Waals surface area contributed by atoms with Crippen LogP contribution in [-0.2, 0) is 0 Å². The average Bonchev–Trinajstić information content (AvgIpc) is 2.98. The Morgan fingerprint density at radius 1 is 1.22 bits per heavy atom. The smallest absolute Gasteiger partial charge is 0.271 e. The Kier molecular flexibility index (Phi) is 3.83. The van der Waals surface area contributed by atoms with Crippen molar-refractivity contribution in [2.24, 2.45) is 0 Å². The van der Waals surface area contributed by atoms with Crippen molar-refractivity contribution in [1.29, 1.82) is 0 Å². The van der Waals surface area contributed by atoms with E-state index in [0.29, 0.717) is 0 Å². The molecule has 0 saturated heterocycles. The minimum atomic E-state index is -0.641. The lowest BCUT2D eigenvalue weighted by molar-refractivity contribution is 0.842. The van der Waals surface area contributed by atoms with Crippen molar-refractivity contribution in [1.82, 2.24) is 9.97 Å². The van der Waals surface area contributed by atoms with Crippen LogP contribution in [0.1, 0.15) is 23.7 Å². The maximum atomic E-state index is 11.8. The van der Waals surface area contributed by atoms with Crippen LogP contribution in [0.4, 0.5) is 17.1 Å². The maximum Gasteiger partial charge on any atom is 0.271 e. The van der Waals surface area contributed by atoms with Crippen molar-refractivity contribution >= 4 is 28.4 Å². The fourth-order valence-electron chi connectivity index (χ4n) is 2.17. The zero-order chi connectivity index (χ0) is 16.6. The molecule has 0 saturated carbocycles. The van der Waals surface area contributed by atoms with E-state index < -0.39 is 10.9 Å². The number of anilines is 3. The molecule has 3 rings (SSSR count). The van der Waals surface area contributed by atoms with Crippen LogP contribution in [0.2, 0.25) is 0 Å². The van der Waals surface area contributed by atoms with Crippen molar-refractivity contribution in [3.8, 4) is 0 Å². The third-order valence-corrected chi connectivity index (χ3v) is 4.22. The minimum Gasteiger partial charge on any atom is -0.372 e. The monoisotopic (exact) mass is 330 g/mol. The van der Waals surface area contributed by atoms with Gasteiger partial charge in [0, 0.05) is 11.6 Å². The summed E-state index contributed by atoms with van der Waals surface area (Å²) < 4.78 is 0. The van der Waals surface area contributed by atoms with Crippen LogP contribution in [0.5, 0.6) is 0 Å². The van der Waals surface area contributed by atoms with Gasteiger partial charge in [-0.1, -0.05) is 0 Å². The highest BCUT2D eigenvalue weighted by atomic mass is 32.1. The first-order valence-electron chi connectivity index (χ1n) is 6.94. The average molecular weight is 330 g/mol. The van der Waals surface area contributed by atoms with E-state index in [1.54, 1.807) is 6.07 Å². The summed E-state index contributed by atoms with van der Waals surface area (Å²) in [5, 5.41) is 8.54. The fraction of sp³-hybridized carbons (Fsp3) is 0.200. The number of rotatable bonds is 5. The first kappa shape index (κ1) is 15.2. The zero-order valence-electron chi connectivity index (χ0n) is 12.5. The van der Waals surface area contributed by atoms with E-state index in [2.05, 4.69) is 20.6 Å². The third-order valence-electron chi connectivity index (χ3n) is 3.43. The molecule has 0 aliphatic rings. The van der Waals surface area contributed by atoms with E-state index in [1.807, 2.05) is 19.2 Å². The molecule has 1 unspecified atom stereocenters. The molecule has 0 fully saturated rings. The normalized spacial score (nSPS) is 12.3. The summed E-state index contributed by atoms with van der Waals surface area (Å²) in [5.74, 6) is 0. The SMILES string of the molecule is Cc1nc(C(C)Nc2c(Nc3ccc[nH]c3=O)c(=O)c2=O)cs1. The number of H-pyrrole nitrogens is 1. The highest BCUT2D eigenvalue weighted by molar-refractivity contribution is 7.09. The summed E-state index contributed by atoms with van der Waals surface area (Å²) in [6.45, 7) is 3.75. The standard InChI is InChI=1S/C15H14N4O3S/c1-7(10-6-23-8(2)18-10)17-11-12(14(21)13(11)20)19-9-4-3-5-16-15(9)22/h3-7,17,19H,1-2H3,(H,16,22). The molecule has 1 aromatic carbocycles. The van der Waals surface area contributed by atoms with Crippen molar-refractivity contribution in [2.45, 2.75) is 19.9 Å². The minimum absolute atomic E-state index is 0.102. The van der Waals surface area contributed by atoms with Crippen molar-refractivity contribution < 1.29 is 0 Å². The maximum absolute atomic E-state index is 11.8. The molecule has 3 N–H and O–H groups in total. The van der Waals surface area contributed by atoms with E-state index in [4.69, 9.17) is 0 Å². The third kappa shape index (κ3) is 2.80. The Balaban J connectivity index is 1.86. The van der Waals surface area contributed by atoms with E-state index in [9.17, 15) is 14.4 Å². The Hall–Kier alpha value is -2.74. The van der Waals surface area contributed by atoms with Crippen LogP contribution in [0.25, 0.3) is 0 Å². The number of nitrogens with zero attached hydrogens (tertiary/aromatic N) is 1. The largest absolute Gasteiger partial charge is 0.372 e. The van der Waals surface area contributed by atoms with Gasteiger partial charge in [-0.2, -0.15) is 0 Å². The lowest BCUT2D eigenvalue weighted by Gasteiger charge is -2.18. The first-order chi connectivity index (χ1) is 11.0. The van der Waals surface area contributed by atoms with Crippen LogP contribution in [-0.4, -0.2) is 9.97 Å². The lowest BCUT2D eigenvalue weighted by Crippen LogP contribution is -2.37. The molecule has 0 bridgehead atoms. The molecule has 0 spiro atoms. The predicted octanol–water partition coefficient (Wildman–Crippen LogP) is 1.65. The molecule has 0 amide bonds. The van der Waals surface area contributed by atoms with E-state index in [1.165, 1.54) is 23.6 Å². The number of pyridine rings is 1. The molecule has 118 valence electrons. The zero-order valence-corrected chi connectivity index (χ0v) is 13.3. The molecule has 1 atom stereocenters. The molecule has 8 heteroatoms. The van der Waals surface area contributed by atoms with Gasteiger partial charge in [-0.25, -0.2) is 4.98 Å². The summed E-state index contributed by atoms with van der Waals surface area (Å²) in [5.41, 5.74) is -0.323. The Bertz CT molecular complexity index is 981. The summed E-state index contributed by atoms with van der Waals surface area (Å²) >= 11 is 1.51. The van der Waals surface area contributed by atoms with Gasteiger partial charge in [0.1, 0.15) is 17.1 Å². The number of aromatic nitrogens is 2. The number of nitrogens with one attached hydrogen (secondary N) is 3. The molecule has 2 aromatic heterocycles. The lowest BCUT2D eigenvalue weighted by atomic mass is 10.1. The molecular weight excluding hydrogens is 316 g/mol. The van der Waals surface area contributed by atoms with Gasteiger partial charge in [0.15, 0.2) is 0 Å². The van der Waals surface area contributed by atoms with Crippen molar-refractivity contribution in [3.05, 3.63) is 65.2 Å². The van der Waals surface area contributed by atoms with Crippen LogP contribution in [0, 0.1) is 6.92 Å². The number of hydrogen-bond donors (Lipinski definition) is 3. The van der Waals surface area contributed by atoms with Gasteiger partial charge in [0.2, 0.25) is 0 Å². The quantitative estimate of drug-likeness (QED) is 0.615. The molecule has 23 heavy (non-hydrogen) atoms. The number of aromatic amines is 1. The second-order valence-corrected chi connectivity index (χ2v) is 6.17. The Morgan fingerprint density at radius 3 is 2.61 bits per heavy atom. The van der Waals surface area contributed by atoms with Crippen LogP contribution in [0.15, 0.2) is 38.1 Å². The molecule has 7 nitrogen and oxygen atoms in total. The first-order valence-corrected chi connectivity index (χ1v) is 7.82. The molecule has 0 radical (unpaired) electrons. The summed E-state index contributed by atoms with van der Waals surface area (Å²) in [7, 11) is 0. The van der Waals surface area contributed by atoms with Gasteiger partial charge in [-0.15, -0.1) is 11.3 Å². The molecule has 0 aliphatic carbocycles. The summed E-state index contributed by atoms with van der Waals surface area (Å²) in [6, 6.07) is 2.94. The molecule has 3 aromatic rings. The molecule has 2 heterocycles. The Morgan fingerprint density at radius 2 is 1.96 bits per heavy atom. The summed E-state index contributed by atoms with van der Waals surface area (Å²) in [6.07, 6.45) is 1.49. The van der Waals surface area contributed by atoms with E-state index >= 15 is 0 Å². The van der Waals surface area contributed by atoms with E-state index in [0.717, 1.165) is 10.7 Å². The number of hydrogen-bond acceptors (Lipinski definition) is 7. The highest BCUT2D eigenvalue weighted by Gasteiger charge is 2.23. The van der Waals surface area contributed by atoms with Gasteiger partial charge in [-0.05, 0) is 26.0 Å². The number of thiazole rings is 1. The predicted molar refractivity (Wildman–Crippen MR) is 90.6 cm³/mol. The van der Waals surface area contributed by atoms with Crippen LogP contribution in [0.3, 0.4) is 0 Å². The second-order valence-electron chi connectivity index (χ2n) is 5.10. The van der Waals surface area contributed by atoms with Crippen molar-refractivity contribution in [2.75, 3.05) is 10.6 Å². The van der Waals surface area contributed by atoms with Crippen LogP contribution >= 0.6 is 11.3 Å². The van der Waals surface area contributed by atoms with Crippen LogP contribution < -0.4 is 27.1 Å². The van der Waals surface area contributed by atoms with Gasteiger partial charge in [0.25, 0.3) is 16.4 Å². The number of aryl methyl sites for hydroxylation is 1. The second kappa shape index (κ2) is 5.81. The van der Waals surface area contributed by atoms with Gasteiger partial charge < -0.3 is 15.6 Å². The molecule has 0 aliphatic heterocycles. The highest BCUT2D eigenvalue weighted by Crippen LogP contribution is 2.24. The van der Waals surface area contributed by atoms with Gasteiger partial charge >= 0.3 is 0 Å². The Labute approximate surface area is 134 Å². The topological polar surface area (TPSA) is 104 Å².